The molecule has 0 heterocycles. The van der Waals surface area contributed by atoms with Crippen LogP contribution >= 0.6 is 11.6 Å². The lowest BCUT2D eigenvalue weighted by atomic mass is 10.1. The van der Waals surface area contributed by atoms with Crippen molar-refractivity contribution in [2.45, 2.75) is 13.0 Å². The van der Waals surface area contributed by atoms with Gasteiger partial charge in [0.15, 0.2) is 0 Å². The molecule has 0 fully saturated rings. The molecule has 2 rings (SSSR count). The summed E-state index contributed by atoms with van der Waals surface area (Å²) in [6.45, 7) is 1.94. The summed E-state index contributed by atoms with van der Waals surface area (Å²) in [5, 5.41) is 3.65. The van der Waals surface area contributed by atoms with Crippen molar-refractivity contribution in [1.29, 1.82) is 0 Å². The monoisotopic (exact) mass is 309 g/mol. The molecule has 1 N–H and O–H groups in total. The molecule has 1 atom stereocenters. The molecule has 2 aromatic rings. The van der Waals surface area contributed by atoms with Crippen molar-refractivity contribution in [2.24, 2.45) is 0 Å². The summed E-state index contributed by atoms with van der Waals surface area (Å²) in [6, 6.07) is 9.62. The predicted molar refractivity (Wildman–Crippen MR) is 83.0 cm³/mol. The van der Waals surface area contributed by atoms with Crippen molar-refractivity contribution in [3.8, 4) is 11.5 Å². The SMILES string of the molecule is COc1ccc(OC)c(C(C)Nc2cc(F)ccc2Cl)c1. The van der Waals surface area contributed by atoms with Crippen LogP contribution in [0, 0.1) is 5.82 Å². The van der Waals surface area contributed by atoms with Gasteiger partial charge in [0.1, 0.15) is 17.3 Å². The topological polar surface area (TPSA) is 30.5 Å². The lowest BCUT2D eigenvalue weighted by Gasteiger charge is -2.20. The zero-order chi connectivity index (χ0) is 15.4. The third-order valence-corrected chi connectivity index (χ3v) is 3.53. The zero-order valence-corrected chi connectivity index (χ0v) is 12.9. The molecule has 0 saturated carbocycles. The molecule has 2 aromatic carbocycles. The van der Waals surface area contributed by atoms with E-state index in [1.807, 2.05) is 25.1 Å². The molecule has 3 nitrogen and oxygen atoms in total. The van der Waals surface area contributed by atoms with Crippen molar-refractivity contribution >= 4 is 17.3 Å². The first kappa shape index (κ1) is 15.4. The Balaban J connectivity index is 2.31. The number of hydrogen-bond acceptors (Lipinski definition) is 3. The third-order valence-electron chi connectivity index (χ3n) is 3.20. The standard InChI is InChI=1S/C16H17ClFNO2/c1-10(19-15-8-11(18)4-6-14(15)17)13-9-12(20-2)5-7-16(13)21-3/h4-10,19H,1-3H3. The first-order valence-corrected chi connectivity index (χ1v) is 6.86. The molecule has 21 heavy (non-hydrogen) atoms. The van der Waals surface area contributed by atoms with Gasteiger partial charge in [-0.15, -0.1) is 0 Å². The van der Waals surface area contributed by atoms with Gasteiger partial charge in [-0.05, 0) is 43.3 Å². The summed E-state index contributed by atoms with van der Waals surface area (Å²) >= 11 is 6.07. The highest BCUT2D eigenvalue weighted by atomic mass is 35.5. The molecule has 0 bridgehead atoms. The third kappa shape index (κ3) is 3.58. The highest BCUT2D eigenvalue weighted by Crippen LogP contribution is 2.33. The molecule has 1 unspecified atom stereocenters. The van der Waals surface area contributed by atoms with E-state index in [2.05, 4.69) is 5.32 Å². The lowest BCUT2D eigenvalue weighted by molar-refractivity contribution is 0.397. The van der Waals surface area contributed by atoms with Crippen LogP contribution in [0.1, 0.15) is 18.5 Å². The Labute approximate surface area is 128 Å². The summed E-state index contributed by atoms with van der Waals surface area (Å²) in [5.41, 5.74) is 1.44. The molecule has 0 aliphatic heterocycles. The molecular formula is C16H17ClFNO2. The zero-order valence-electron chi connectivity index (χ0n) is 12.1. The van der Waals surface area contributed by atoms with Crippen LogP contribution in [0.2, 0.25) is 5.02 Å². The van der Waals surface area contributed by atoms with Gasteiger partial charge < -0.3 is 14.8 Å². The molecule has 5 heteroatoms. The summed E-state index contributed by atoms with van der Waals surface area (Å²) in [5.74, 6) is 1.11. The molecule has 0 spiro atoms. The second-order valence-electron chi connectivity index (χ2n) is 4.60. The number of ether oxygens (including phenoxy) is 2. The maximum absolute atomic E-state index is 13.3. The Kier molecular flexibility index (Phi) is 4.91. The maximum atomic E-state index is 13.3. The van der Waals surface area contributed by atoms with E-state index < -0.39 is 0 Å². The van der Waals surface area contributed by atoms with Gasteiger partial charge in [0.2, 0.25) is 0 Å². The second-order valence-corrected chi connectivity index (χ2v) is 5.01. The van der Waals surface area contributed by atoms with Crippen LogP contribution in [0.5, 0.6) is 11.5 Å². The Morgan fingerprint density at radius 2 is 1.86 bits per heavy atom. The van der Waals surface area contributed by atoms with Gasteiger partial charge in [0.05, 0.1) is 31.0 Å². The summed E-state index contributed by atoms with van der Waals surface area (Å²) in [6.07, 6.45) is 0. The van der Waals surface area contributed by atoms with Gasteiger partial charge in [-0.1, -0.05) is 11.6 Å². The van der Waals surface area contributed by atoms with E-state index in [-0.39, 0.29) is 11.9 Å². The average molecular weight is 310 g/mol. The van der Waals surface area contributed by atoms with E-state index in [1.165, 1.54) is 18.2 Å². The number of methoxy groups -OCH3 is 2. The van der Waals surface area contributed by atoms with Crippen molar-refractivity contribution in [3.63, 3.8) is 0 Å². The van der Waals surface area contributed by atoms with E-state index in [4.69, 9.17) is 21.1 Å². The Hall–Kier alpha value is -1.94. The van der Waals surface area contributed by atoms with Gasteiger partial charge >= 0.3 is 0 Å². The molecule has 112 valence electrons. The molecule has 0 aromatic heterocycles. The summed E-state index contributed by atoms with van der Waals surface area (Å²) in [7, 11) is 3.21. The number of benzene rings is 2. The Bertz CT molecular complexity index is 634. The van der Waals surface area contributed by atoms with Crippen LogP contribution in [0.15, 0.2) is 36.4 Å². The number of anilines is 1. The van der Waals surface area contributed by atoms with Gasteiger partial charge in [0, 0.05) is 5.56 Å². The van der Waals surface area contributed by atoms with Gasteiger partial charge in [-0.3, -0.25) is 0 Å². The van der Waals surface area contributed by atoms with Crippen LogP contribution in [-0.4, -0.2) is 14.2 Å². The van der Waals surface area contributed by atoms with Crippen molar-refractivity contribution in [3.05, 3.63) is 52.8 Å². The number of nitrogens with one attached hydrogen (secondary N) is 1. The van der Waals surface area contributed by atoms with Gasteiger partial charge in [0.25, 0.3) is 0 Å². The van der Waals surface area contributed by atoms with Crippen LogP contribution in [0.4, 0.5) is 10.1 Å². The van der Waals surface area contributed by atoms with Crippen LogP contribution in [0.3, 0.4) is 0 Å². The molecule has 0 radical (unpaired) electrons. The molecule has 0 aliphatic rings. The minimum absolute atomic E-state index is 0.130. The number of hydrogen-bond donors (Lipinski definition) is 1. The van der Waals surface area contributed by atoms with Crippen molar-refractivity contribution in [1.82, 2.24) is 0 Å². The first-order chi connectivity index (χ1) is 10.0. The smallest absolute Gasteiger partial charge is 0.125 e. The van der Waals surface area contributed by atoms with E-state index >= 15 is 0 Å². The normalized spacial score (nSPS) is 11.9. The predicted octanol–water partition coefficient (Wildman–Crippen LogP) is 4.67. The molecular weight excluding hydrogens is 293 g/mol. The Morgan fingerprint density at radius 1 is 1.10 bits per heavy atom. The summed E-state index contributed by atoms with van der Waals surface area (Å²) in [4.78, 5) is 0. The molecule has 0 aliphatic carbocycles. The van der Waals surface area contributed by atoms with E-state index in [1.54, 1.807) is 14.2 Å². The average Bonchev–Trinajstić information content (AvgIpc) is 2.50. The van der Waals surface area contributed by atoms with Crippen LogP contribution < -0.4 is 14.8 Å². The quantitative estimate of drug-likeness (QED) is 0.870. The minimum atomic E-state index is -0.341. The lowest BCUT2D eigenvalue weighted by Crippen LogP contribution is -2.09. The fourth-order valence-electron chi connectivity index (χ4n) is 2.10. The summed E-state index contributed by atoms with van der Waals surface area (Å²) < 4.78 is 23.9. The van der Waals surface area contributed by atoms with E-state index in [0.29, 0.717) is 10.7 Å². The Morgan fingerprint density at radius 3 is 2.52 bits per heavy atom. The van der Waals surface area contributed by atoms with Crippen LogP contribution in [-0.2, 0) is 0 Å². The van der Waals surface area contributed by atoms with E-state index in [0.717, 1.165) is 17.1 Å². The van der Waals surface area contributed by atoms with E-state index in [9.17, 15) is 4.39 Å². The van der Waals surface area contributed by atoms with Gasteiger partial charge in [-0.25, -0.2) is 4.39 Å². The van der Waals surface area contributed by atoms with Gasteiger partial charge in [-0.2, -0.15) is 0 Å². The van der Waals surface area contributed by atoms with Crippen LogP contribution in [0.25, 0.3) is 0 Å². The van der Waals surface area contributed by atoms with Crippen molar-refractivity contribution < 1.29 is 13.9 Å². The highest BCUT2D eigenvalue weighted by molar-refractivity contribution is 6.33. The fraction of sp³-hybridized carbons (Fsp3) is 0.250. The highest BCUT2D eigenvalue weighted by Gasteiger charge is 2.14. The second kappa shape index (κ2) is 6.68. The number of halogens is 2. The minimum Gasteiger partial charge on any atom is -0.497 e. The molecule has 0 saturated heterocycles. The first-order valence-electron chi connectivity index (χ1n) is 6.48. The number of rotatable bonds is 5. The van der Waals surface area contributed by atoms with Crippen molar-refractivity contribution in [2.75, 3.05) is 19.5 Å². The fourth-order valence-corrected chi connectivity index (χ4v) is 2.27. The largest absolute Gasteiger partial charge is 0.497 e. The molecule has 0 amide bonds. The maximum Gasteiger partial charge on any atom is 0.125 e.